The first-order chi connectivity index (χ1) is 15.9. The fourth-order valence-electron chi connectivity index (χ4n) is 3.38. The Labute approximate surface area is 200 Å². The molecular formula is C24H20ClN5O2S. The van der Waals surface area contributed by atoms with Crippen LogP contribution >= 0.6 is 23.4 Å². The molecule has 0 saturated carbocycles. The number of nitrogens with one attached hydrogen (secondary N) is 1. The molecule has 0 atom stereocenters. The van der Waals surface area contributed by atoms with E-state index in [0.717, 1.165) is 27.4 Å². The molecule has 0 aliphatic heterocycles. The molecule has 2 heterocycles. The number of anilines is 2. The maximum Gasteiger partial charge on any atom is 0.192 e. The van der Waals surface area contributed by atoms with E-state index in [9.17, 15) is 5.26 Å². The predicted molar refractivity (Wildman–Crippen MR) is 130 cm³/mol. The highest BCUT2D eigenvalue weighted by Crippen LogP contribution is 2.38. The molecule has 2 aromatic carbocycles. The van der Waals surface area contributed by atoms with Crippen LogP contribution in [-0.4, -0.2) is 29.2 Å². The number of halogens is 1. The largest absolute Gasteiger partial charge is 0.493 e. The van der Waals surface area contributed by atoms with Crippen molar-refractivity contribution < 1.29 is 9.47 Å². The molecule has 9 heteroatoms. The third-order valence-corrected chi connectivity index (χ3v) is 6.22. The first-order valence-electron chi connectivity index (χ1n) is 9.93. The Hall–Kier alpha value is -3.54. The Kier molecular flexibility index (Phi) is 6.54. The van der Waals surface area contributed by atoms with Crippen molar-refractivity contribution in [3.63, 3.8) is 0 Å². The molecule has 2 aromatic heterocycles. The molecule has 33 heavy (non-hydrogen) atoms. The third-order valence-electron chi connectivity index (χ3n) is 4.86. The molecule has 7 nitrogen and oxygen atoms in total. The van der Waals surface area contributed by atoms with Crippen molar-refractivity contribution in [2.45, 2.75) is 23.9 Å². The van der Waals surface area contributed by atoms with E-state index in [1.165, 1.54) is 18.0 Å². The van der Waals surface area contributed by atoms with E-state index in [-0.39, 0.29) is 0 Å². The van der Waals surface area contributed by atoms with E-state index in [2.05, 4.69) is 26.3 Å². The second kappa shape index (κ2) is 9.53. The van der Waals surface area contributed by atoms with Crippen LogP contribution in [-0.2, 0) is 0 Å². The van der Waals surface area contributed by atoms with Crippen LogP contribution in [0.15, 0.2) is 52.6 Å². The lowest BCUT2D eigenvalue weighted by molar-refractivity contribution is 0.356. The number of pyridine rings is 1. The normalized spacial score (nSPS) is 10.7. The summed E-state index contributed by atoms with van der Waals surface area (Å²) >= 11 is 7.98. The summed E-state index contributed by atoms with van der Waals surface area (Å²) in [5.74, 6) is 1.11. The van der Waals surface area contributed by atoms with Gasteiger partial charge in [-0.2, -0.15) is 5.26 Å². The lowest BCUT2D eigenvalue weighted by Gasteiger charge is -2.15. The van der Waals surface area contributed by atoms with E-state index >= 15 is 0 Å². The maximum atomic E-state index is 9.66. The first-order valence-corrected chi connectivity index (χ1v) is 11.1. The van der Waals surface area contributed by atoms with Gasteiger partial charge in [0.05, 0.1) is 36.0 Å². The van der Waals surface area contributed by atoms with Crippen molar-refractivity contribution in [1.29, 1.82) is 5.26 Å². The van der Waals surface area contributed by atoms with Gasteiger partial charge in [-0.05, 0) is 55.9 Å². The highest BCUT2D eigenvalue weighted by Gasteiger charge is 2.15. The summed E-state index contributed by atoms with van der Waals surface area (Å²) in [7, 11) is 3.13. The van der Waals surface area contributed by atoms with Gasteiger partial charge in [-0.15, -0.1) is 0 Å². The number of methoxy groups -OCH3 is 2. The zero-order valence-electron chi connectivity index (χ0n) is 18.4. The topological polar surface area (TPSA) is 93.0 Å². The van der Waals surface area contributed by atoms with Crippen molar-refractivity contribution in [3.05, 3.63) is 64.6 Å². The van der Waals surface area contributed by atoms with Crippen LogP contribution in [0.3, 0.4) is 0 Å². The van der Waals surface area contributed by atoms with Gasteiger partial charge >= 0.3 is 0 Å². The number of nitrogens with zero attached hydrogens (tertiary/aromatic N) is 4. The molecule has 4 rings (SSSR count). The molecule has 0 spiro atoms. The van der Waals surface area contributed by atoms with E-state index in [0.29, 0.717) is 38.4 Å². The molecule has 0 fully saturated rings. The molecule has 0 aliphatic carbocycles. The van der Waals surface area contributed by atoms with Crippen molar-refractivity contribution in [2.24, 2.45) is 0 Å². The summed E-state index contributed by atoms with van der Waals surface area (Å²) < 4.78 is 10.8. The standard InChI is InChI=1S/C24H20ClN5O2S/c1-13-7-14(2)29-24(28-13)33-22-6-5-16(8-18(22)25)30-23-15(11-26)12-27-19-10-21(32-4)20(31-3)9-17(19)23/h5-10,12H,1-4H3,(H,27,30). The molecule has 1 N–H and O–H groups in total. The van der Waals surface area contributed by atoms with Crippen LogP contribution in [0.5, 0.6) is 11.5 Å². The average Bonchev–Trinajstić information content (AvgIpc) is 2.79. The van der Waals surface area contributed by atoms with Crippen LogP contribution in [0, 0.1) is 25.2 Å². The Morgan fingerprint density at radius 2 is 1.70 bits per heavy atom. The SMILES string of the molecule is COc1cc2ncc(C#N)c(Nc3ccc(Sc4nc(C)cc(C)n4)c(Cl)c3)c2cc1OC. The minimum atomic E-state index is 0.396. The number of hydrogen-bond acceptors (Lipinski definition) is 8. The van der Waals surface area contributed by atoms with Gasteiger partial charge in [-0.3, -0.25) is 4.98 Å². The summed E-state index contributed by atoms with van der Waals surface area (Å²) in [5.41, 5.74) is 4.20. The minimum Gasteiger partial charge on any atom is -0.493 e. The number of aromatic nitrogens is 3. The Bertz CT molecular complexity index is 1380. The highest BCUT2D eigenvalue weighted by molar-refractivity contribution is 7.99. The summed E-state index contributed by atoms with van der Waals surface area (Å²) in [4.78, 5) is 14.1. The maximum absolute atomic E-state index is 9.66. The van der Waals surface area contributed by atoms with Gasteiger partial charge in [-0.25, -0.2) is 9.97 Å². The zero-order chi connectivity index (χ0) is 23.5. The second-order valence-electron chi connectivity index (χ2n) is 7.19. The van der Waals surface area contributed by atoms with Crippen molar-refractivity contribution in [2.75, 3.05) is 19.5 Å². The average molecular weight is 478 g/mol. The molecule has 166 valence electrons. The van der Waals surface area contributed by atoms with E-state index in [1.54, 1.807) is 32.4 Å². The molecule has 0 saturated heterocycles. The van der Waals surface area contributed by atoms with E-state index < -0.39 is 0 Å². The van der Waals surface area contributed by atoms with Crippen LogP contribution in [0.4, 0.5) is 11.4 Å². The monoisotopic (exact) mass is 477 g/mol. The van der Waals surface area contributed by atoms with Gasteiger partial charge in [0.25, 0.3) is 0 Å². The Balaban J connectivity index is 1.70. The Morgan fingerprint density at radius 1 is 1.00 bits per heavy atom. The third kappa shape index (κ3) is 4.80. The highest BCUT2D eigenvalue weighted by atomic mass is 35.5. The number of rotatable bonds is 6. The molecule has 0 amide bonds. The fraction of sp³-hybridized carbons (Fsp3) is 0.167. The number of nitriles is 1. The van der Waals surface area contributed by atoms with Gasteiger partial charge < -0.3 is 14.8 Å². The van der Waals surface area contributed by atoms with Gasteiger partial charge in [-0.1, -0.05) is 11.6 Å². The van der Waals surface area contributed by atoms with Gasteiger partial charge in [0.15, 0.2) is 16.7 Å². The Morgan fingerprint density at radius 3 is 2.33 bits per heavy atom. The number of hydrogen-bond donors (Lipinski definition) is 1. The molecular weight excluding hydrogens is 458 g/mol. The van der Waals surface area contributed by atoms with Crippen LogP contribution < -0.4 is 14.8 Å². The number of fused-ring (bicyclic) bond motifs is 1. The van der Waals surface area contributed by atoms with Crippen LogP contribution in [0.25, 0.3) is 10.9 Å². The smallest absolute Gasteiger partial charge is 0.192 e. The molecule has 0 bridgehead atoms. The lowest BCUT2D eigenvalue weighted by atomic mass is 10.1. The molecule has 0 aliphatic rings. The van der Waals surface area contributed by atoms with Crippen molar-refractivity contribution in [1.82, 2.24) is 15.0 Å². The molecule has 0 unspecified atom stereocenters. The van der Waals surface area contributed by atoms with Gasteiger partial charge in [0, 0.05) is 39.6 Å². The second-order valence-corrected chi connectivity index (χ2v) is 8.60. The summed E-state index contributed by atoms with van der Waals surface area (Å²) in [6, 6.07) is 13.3. The first kappa shape index (κ1) is 22.6. The van der Waals surface area contributed by atoms with E-state index in [4.69, 9.17) is 21.1 Å². The van der Waals surface area contributed by atoms with Crippen molar-refractivity contribution in [3.8, 4) is 17.6 Å². The quantitative estimate of drug-likeness (QED) is 0.334. The summed E-state index contributed by atoms with van der Waals surface area (Å²) in [5, 5.41) is 14.9. The predicted octanol–water partition coefficient (Wildman–Crippen LogP) is 6.08. The number of aryl methyl sites for hydroxylation is 2. The van der Waals surface area contributed by atoms with Crippen LogP contribution in [0.1, 0.15) is 17.0 Å². The minimum absolute atomic E-state index is 0.396. The van der Waals surface area contributed by atoms with Gasteiger partial charge in [0.1, 0.15) is 6.07 Å². The van der Waals surface area contributed by atoms with E-state index in [1.807, 2.05) is 32.0 Å². The van der Waals surface area contributed by atoms with Crippen LogP contribution in [0.2, 0.25) is 5.02 Å². The summed E-state index contributed by atoms with van der Waals surface area (Å²) in [6.45, 7) is 3.87. The zero-order valence-corrected chi connectivity index (χ0v) is 20.0. The number of benzene rings is 2. The fourth-order valence-corrected chi connectivity index (χ4v) is 4.55. The summed E-state index contributed by atoms with van der Waals surface area (Å²) in [6.07, 6.45) is 1.53. The van der Waals surface area contributed by atoms with Gasteiger partial charge in [0.2, 0.25) is 0 Å². The molecule has 4 aromatic rings. The molecule has 0 radical (unpaired) electrons. The number of ether oxygens (including phenoxy) is 2. The lowest BCUT2D eigenvalue weighted by Crippen LogP contribution is -1.99. The van der Waals surface area contributed by atoms with Crippen molar-refractivity contribution >= 4 is 45.6 Å².